The van der Waals surface area contributed by atoms with E-state index in [1.807, 2.05) is 30.7 Å². The van der Waals surface area contributed by atoms with Gasteiger partial charge in [-0.1, -0.05) is 6.07 Å². The molecule has 1 saturated heterocycles. The standard InChI is InChI=1S/C21H23N3O/c1-16-12-18-14-22-9-5-17(18)13-21(16)25-20-6-10-24(11-7-20)15-19-4-2-3-8-23-19/h2-5,8-9,12-14,20H,6-7,10-11,15H2,1H3. The number of ether oxygens (including phenoxy) is 1. The van der Waals surface area contributed by atoms with Gasteiger partial charge in [-0.05, 0) is 61.0 Å². The van der Waals surface area contributed by atoms with Crippen molar-refractivity contribution in [1.82, 2.24) is 14.9 Å². The monoisotopic (exact) mass is 333 g/mol. The van der Waals surface area contributed by atoms with Crippen LogP contribution in [0, 0.1) is 6.92 Å². The van der Waals surface area contributed by atoms with Gasteiger partial charge in [0, 0.05) is 43.6 Å². The van der Waals surface area contributed by atoms with Crippen molar-refractivity contribution in [2.75, 3.05) is 13.1 Å². The van der Waals surface area contributed by atoms with Crippen LogP contribution in [0.1, 0.15) is 24.1 Å². The fraction of sp³-hybridized carbons (Fsp3) is 0.333. The van der Waals surface area contributed by atoms with E-state index >= 15 is 0 Å². The zero-order valence-electron chi connectivity index (χ0n) is 14.6. The highest BCUT2D eigenvalue weighted by molar-refractivity contribution is 5.84. The number of likely N-dealkylation sites (tertiary alicyclic amines) is 1. The molecular formula is C21H23N3O. The van der Waals surface area contributed by atoms with Crippen LogP contribution in [-0.4, -0.2) is 34.1 Å². The normalized spacial score (nSPS) is 16.2. The molecule has 0 bridgehead atoms. The molecule has 1 aliphatic rings. The van der Waals surface area contributed by atoms with Crippen LogP contribution in [0.15, 0.2) is 55.0 Å². The maximum Gasteiger partial charge on any atom is 0.123 e. The van der Waals surface area contributed by atoms with Crippen molar-refractivity contribution in [2.45, 2.75) is 32.4 Å². The molecule has 1 fully saturated rings. The summed E-state index contributed by atoms with van der Waals surface area (Å²) >= 11 is 0. The Morgan fingerprint density at radius 3 is 2.76 bits per heavy atom. The molecule has 1 aromatic carbocycles. The number of nitrogens with zero attached hydrogens (tertiary/aromatic N) is 3. The average molecular weight is 333 g/mol. The number of benzene rings is 1. The fourth-order valence-corrected chi connectivity index (χ4v) is 3.44. The topological polar surface area (TPSA) is 38.2 Å². The lowest BCUT2D eigenvalue weighted by Gasteiger charge is -2.32. The van der Waals surface area contributed by atoms with Crippen LogP contribution < -0.4 is 4.74 Å². The molecule has 25 heavy (non-hydrogen) atoms. The molecule has 128 valence electrons. The molecule has 2 aromatic heterocycles. The van der Waals surface area contributed by atoms with Crippen molar-refractivity contribution < 1.29 is 4.74 Å². The Bertz CT molecular complexity index is 842. The highest BCUT2D eigenvalue weighted by Crippen LogP contribution is 2.27. The van der Waals surface area contributed by atoms with Gasteiger partial charge in [0.2, 0.25) is 0 Å². The van der Waals surface area contributed by atoms with E-state index < -0.39 is 0 Å². The maximum atomic E-state index is 6.33. The molecule has 0 atom stereocenters. The van der Waals surface area contributed by atoms with Gasteiger partial charge in [-0.25, -0.2) is 0 Å². The van der Waals surface area contributed by atoms with Gasteiger partial charge < -0.3 is 4.74 Å². The van der Waals surface area contributed by atoms with Crippen LogP contribution in [0.3, 0.4) is 0 Å². The van der Waals surface area contributed by atoms with Crippen LogP contribution in [0.25, 0.3) is 10.8 Å². The molecule has 0 aliphatic carbocycles. The van der Waals surface area contributed by atoms with Crippen molar-refractivity contribution in [3.63, 3.8) is 0 Å². The number of pyridine rings is 2. The maximum absolute atomic E-state index is 6.33. The largest absolute Gasteiger partial charge is 0.490 e. The fourth-order valence-electron chi connectivity index (χ4n) is 3.44. The Hall–Kier alpha value is -2.46. The van der Waals surface area contributed by atoms with Gasteiger partial charge in [0.25, 0.3) is 0 Å². The van der Waals surface area contributed by atoms with E-state index in [1.165, 1.54) is 10.9 Å². The highest BCUT2D eigenvalue weighted by Gasteiger charge is 2.21. The molecular weight excluding hydrogens is 310 g/mol. The lowest BCUT2D eigenvalue weighted by molar-refractivity contribution is 0.0957. The summed E-state index contributed by atoms with van der Waals surface area (Å²) < 4.78 is 6.33. The zero-order chi connectivity index (χ0) is 17.1. The third-order valence-electron chi connectivity index (χ3n) is 4.87. The number of hydrogen-bond donors (Lipinski definition) is 0. The third kappa shape index (κ3) is 3.80. The number of rotatable bonds is 4. The molecule has 1 aliphatic heterocycles. The van der Waals surface area contributed by atoms with Gasteiger partial charge in [0.1, 0.15) is 11.9 Å². The van der Waals surface area contributed by atoms with Crippen molar-refractivity contribution in [3.8, 4) is 5.75 Å². The number of aryl methyl sites for hydroxylation is 1. The summed E-state index contributed by atoms with van der Waals surface area (Å²) in [7, 11) is 0. The number of hydrogen-bond acceptors (Lipinski definition) is 4. The molecule has 4 heteroatoms. The molecule has 0 amide bonds. The van der Waals surface area contributed by atoms with Gasteiger partial charge in [0.15, 0.2) is 0 Å². The van der Waals surface area contributed by atoms with Crippen LogP contribution in [0.4, 0.5) is 0 Å². The van der Waals surface area contributed by atoms with Crippen LogP contribution in [0.2, 0.25) is 0 Å². The van der Waals surface area contributed by atoms with E-state index in [1.54, 1.807) is 0 Å². The molecule has 0 N–H and O–H groups in total. The predicted molar refractivity (Wildman–Crippen MR) is 99.6 cm³/mol. The van der Waals surface area contributed by atoms with Gasteiger partial charge in [0.05, 0.1) is 5.69 Å². The Balaban J connectivity index is 1.38. The minimum Gasteiger partial charge on any atom is -0.490 e. The summed E-state index contributed by atoms with van der Waals surface area (Å²) in [6, 6.07) is 12.5. The van der Waals surface area contributed by atoms with Crippen LogP contribution >= 0.6 is 0 Å². The molecule has 3 heterocycles. The van der Waals surface area contributed by atoms with Crippen molar-refractivity contribution in [3.05, 3.63) is 66.2 Å². The quantitative estimate of drug-likeness (QED) is 0.724. The molecule has 4 rings (SSSR count). The van der Waals surface area contributed by atoms with Gasteiger partial charge in [-0.3, -0.25) is 14.9 Å². The molecule has 0 unspecified atom stereocenters. The predicted octanol–water partition coefficient (Wildman–Crippen LogP) is 3.98. The second-order valence-electron chi connectivity index (χ2n) is 6.75. The second-order valence-corrected chi connectivity index (χ2v) is 6.75. The Labute approximate surface area is 148 Å². The van der Waals surface area contributed by atoms with E-state index in [0.29, 0.717) is 0 Å². The Morgan fingerprint density at radius 2 is 1.96 bits per heavy atom. The summed E-state index contributed by atoms with van der Waals surface area (Å²) in [5.41, 5.74) is 2.32. The summed E-state index contributed by atoms with van der Waals surface area (Å²) in [6.07, 6.45) is 8.00. The first-order chi connectivity index (χ1) is 12.3. The van der Waals surface area contributed by atoms with Crippen molar-refractivity contribution in [2.24, 2.45) is 0 Å². The van der Waals surface area contributed by atoms with E-state index in [0.717, 1.165) is 49.3 Å². The molecule has 3 aromatic rings. The Morgan fingerprint density at radius 1 is 1.08 bits per heavy atom. The summed E-state index contributed by atoms with van der Waals surface area (Å²) in [5.74, 6) is 1.00. The summed E-state index contributed by atoms with van der Waals surface area (Å²) in [4.78, 5) is 11.1. The lowest BCUT2D eigenvalue weighted by Crippen LogP contribution is -2.38. The van der Waals surface area contributed by atoms with E-state index in [2.05, 4.69) is 46.1 Å². The summed E-state index contributed by atoms with van der Waals surface area (Å²) in [5, 5.41) is 2.35. The number of piperidine rings is 1. The van der Waals surface area contributed by atoms with E-state index in [9.17, 15) is 0 Å². The second kappa shape index (κ2) is 7.19. The lowest BCUT2D eigenvalue weighted by atomic mass is 10.1. The molecule has 4 nitrogen and oxygen atoms in total. The first kappa shape index (κ1) is 16.0. The summed E-state index contributed by atoms with van der Waals surface area (Å²) in [6.45, 7) is 5.14. The van der Waals surface area contributed by atoms with Crippen molar-refractivity contribution >= 4 is 10.8 Å². The minimum atomic E-state index is 0.290. The van der Waals surface area contributed by atoms with Gasteiger partial charge in [-0.2, -0.15) is 0 Å². The van der Waals surface area contributed by atoms with Gasteiger partial charge in [-0.15, -0.1) is 0 Å². The van der Waals surface area contributed by atoms with Crippen LogP contribution in [-0.2, 0) is 6.54 Å². The third-order valence-corrected chi connectivity index (χ3v) is 4.87. The number of fused-ring (bicyclic) bond motifs is 1. The average Bonchev–Trinajstić information content (AvgIpc) is 2.65. The molecule has 0 radical (unpaired) electrons. The minimum absolute atomic E-state index is 0.290. The first-order valence-electron chi connectivity index (χ1n) is 8.91. The van der Waals surface area contributed by atoms with Crippen LogP contribution in [0.5, 0.6) is 5.75 Å². The van der Waals surface area contributed by atoms with E-state index in [4.69, 9.17) is 4.74 Å². The van der Waals surface area contributed by atoms with E-state index in [-0.39, 0.29) is 6.10 Å². The van der Waals surface area contributed by atoms with Crippen molar-refractivity contribution in [1.29, 1.82) is 0 Å². The molecule has 0 spiro atoms. The molecule has 0 saturated carbocycles. The zero-order valence-corrected chi connectivity index (χ0v) is 14.6. The first-order valence-corrected chi connectivity index (χ1v) is 8.91. The van der Waals surface area contributed by atoms with Gasteiger partial charge >= 0.3 is 0 Å². The highest BCUT2D eigenvalue weighted by atomic mass is 16.5. The smallest absolute Gasteiger partial charge is 0.123 e. The SMILES string of the molecule is Cc1cc2cnccc2cc1OC1CCN(Cc2ccccn2)CC1. The number of aromatic nitrogens is 2. The Kier molecular flexibility index (Phi) is 4.61.